The number of hydrogen-bond donors (Lipinski definition) is 1. The third-order valence-electron chi connectivity index (χ3n) is 3.58. The smallest absolute Gasteiger partial charge is 0.120 e. The second-order valence-electron chi connectivity index (χ2n) is 4.99. The Balaban J connectivity index is 1.93. The van der Waals surface area contributed by atoms with Gasteiger partial charge in [-0.25, -0.2) is 0 Å². The molecule has 1 N–H and O–H groups in total. The van der Waals surface area contributed by atoms with Crippen molar-refractivity contribution in [3.8, 4) is 5.75 Å². The van der Waals surface area contributed by atoms with Crippen molar-refractivity contribution in [1.82, 2.24) is 5.32 Å². The van der Waals surface area contributed by atoms with E-state index < -0.39 is 0 Å². The summed E-state index contributed by atoms with van der Waals surface area (Å²) in [5.41, 5.74) is 1.49. The van der Waals surface area contributed by atoms with Crippen LogP contribution in [0.4, 0.5) is 0 Å². The van der Waals surface area contributed by atoms with Crippen molar-refractivity contribution < 1.29 is 4.74 Å². The van der Waals surface area contributed by atoms with Gasteiger partial charge in [0.25, 0.3) is 0 Å². The van der Waals surface area contributed by atoms with Gasteiger partial charge in [-0.3, -0.25) is 0 Å². The molecule has 1 aliphatic carbocycles. The van der Waals surface area contributed by atoms with Crippen LogP contribution in [0.5, 0.6) is 5.75 Å². The highest BCUT2D eigenvalue weighted by Gasteiger charge is 2.14. The average Bonchev–Trinajstić information content (AvgIpc) is 2.69. The molecule has 1 aromatic rings. The molecule has 0 saturated heterocycles. The Morgan fingerprint density at radius 3 is 3.00 bits per heavy atom. The summed E-state index contributed by atoms with van der Waals surface area (Å²) >= 11 is 5.96. The molecule has 1 atom stereocenters. The molecule has 0 bridgehead atoms. The summed E-state index contributed by atoms with van der Waals surface area (Å²) in [6.45, 7) is 0.655. The van der Waals surface area contributed by atoms with Crippen LogP contribution in [0, 0.1) is 0 Å². The minimum atomic E-state index is 0.303. The molecule has 1 aliphatic rings. The molecule has 1 unspecified atom stereocenters. The molecule has 19 heavy (non-hydrogen) atoms. The molecule has 0 radical (unpaired) electrons. The minimum Gasteiger partial charge on any atom is -0.492 e. The van der Waals surface area contributed by atoms with Gasteiger partial charge >= 0.3 is 0 Å². The highest BCUT2D eigenvalue weighted by molar-refractivity contribution is 6.30. The van der Waals surface area contributed by atoms with Crippen molar-refractivity contribution >= 4 is 11.6 Å². The van der Waals surface area contributed by atoms with Crippen molar-refractivity contribution in [2.75, 3.05) is 13.7 Å². The van der Waals surface area contributed by atoms with Gasteiger partial charge in [0, 0.05) is 5.02 Å². The van der Waals surface area contributed by atoms with Crippen LogP contribution in [0.25, 0.3) is 0 Å². The van der Waals surface area contributed by atoms with Crippen LogP contribution in [0.3, 0.4) is 0 Å². The average molecular weight is 280 g/mol. The van der Waals surface area contributed by atoms with E-state index >= 15 is 0 Å². The molecular formula is C16H22ClNO. The lowest BCUT2D eigenvalue weighted by atomic mass is 10.0. The number of rotatable bonds is 5. The number of hydrogen-bond acceptors (Lipinski definition) is 2. The zero-order valence-corrected chi connectivity index (χ0v) is 12.2. The van der Waals surface area contributed by atoms with Crippen LogP contribution in [-0.4, -0.2) is 19.7 Å². The Bertz CT molecular complexity index is 431. The van der Waals surface area contributed by atoms with Crippen LogP contribution >= 0.6 is 11.6 Å². The van der Waals surface area contributed by atoms with Crippen LogP contribution in [0.2, 0.25) is 5.02 Å². The Kier molecular flexibility index (Phi) is 5.74. The zero-order valence-electron chi connectivity index (χ0n) is 11.5. The monoisotopic (exact) mass is 279 g/mol. The van der Waals surface area contributed by atoms with Gasteiger partial charge in [0.05, 0.1) is 6.04 Å². The predicted molar refractivity (Wildman–Crippen MR) is 81.0 cm³/mol. The summed E-state index contributed by atoms with van der Waals surface area (Å²) in [5.74, 6) is 0.835. The molecule has 0 amide bonds. The highest BCUT2D eigenvalue weighted by Crippen LogP contribution is 2.22. The SMILES string of the molecule is CNC(COc1cccc(Cl)c1)C1=CCCCCC1. The quantitative estimate of drug-likeness (QED) is 0.816. The first-order valence-electron chi connectivity index (χ1n) is 7.04. The Morgan fingerprint density at radius 1 is 1.32 bits per heavy atom. The van der Waals surface area contributed by atoms with Crippen molar-refractivity contribution in [2.45, 2.75) is 38.1 Å². The van der Waals surface area contributed by atoms with Crippen LogP contribution in [0.1, 0.15) is 32.1 Å². The predicted octanol–water partition coefficient (Wildman–Crippen LogP) is 4.20. The molecule has 0 heterocycles. The van der Waals surface area contributed by atoms with Gasteiger partial charge in [0.2, 0.25) is 0 Å². The van der Waals surface area contributed by atoms with Gasteiger partial charge in [-0.15, -0.1) is 0 Å². The molecule has 0 saturated carbocycles. The molecule has 0 aromatic heterocycles. The summed E-state index contributed by atoms with van der Waals surface area (Å²) in [7, 11) is 2.00. The van der Waals surface area contributed by atoms with Crippen LogP contribution in [-0.2, 0) is 0 Å². The van der Waals surface area contributed by atoms with E-state index in [9.17, 15) is 0 Å². The molecule has 2 nitrogen and oxygen atoms in total. The first kappa shape index (κ1) is 14.4. The standard InChI is InChI=1S/C16H22ClNO/c1-18-16(13-7-4-2-3-5-8-13)12-19-15-10-6-9-14(17)11-15/h6-7,9-11,16,18H,2-5,8,12H2,1H3. The second-order valence-corrected chi connectivity index (χ2v) is 5.42. The number of likely N-dealkylation sites (N-methyl/N-ethyl adjacent to an activating group) is 1. The number of ether oxygens (including phenoxy) is 1. The Morgan fingerprint density at radius 2 is 2.21 bits per heavy atom. The van der Waals surface area contributed by atoms with E-state index in [1.165, 1.54) is 37.7 Å². The van der Waals surface area contributed by atoms with Gasteiger partial charge in [-0.05, 0) is 50.9 Å². The molecule has 0 fully saturated rings. The summed E-state index contributed by atoms with van der Waals surface area (Å²) < 4.78 is 5.85. The summed E-state index contributed by atoms with van der Waals surface area (Å²) in [6, 6.07) is 7.88. The molecule has 0 spiro atoms. The van der Waals surface area contributed by atoms with Gasteiger partial charge in [0.15, 0.2) is 0 Å². The van der Waals surface area contributed by atoms with Crippen LogP contribution in [0.15, 0.2) is 35.9 Å². The maximum atomic E-state index is 5.96. The number of nitrogens with one attached hydrogen (secondary N) is 1. The fourth-order valence-electron chi connectivity index (χ4n) is 2.47. The summed E-state index contributed by atoms with van der Waals surface area (Å²) in [5, 5.41) is 4.07. The lowest BCUT2D eigenvalue weighted by Gasteiger charge is -2.20. The van der Waals surface area contributed by atoms with Gasteiger partial charge in [0.1, 0.15) is 12.4 Å². The van der Waals surface area contributed by atoms with Crippen molar-refractivity contribution in [2.24, 2.45) is 0 Å². The molecule has 3 heteroatoms. The molecule has 104 valence electrons. The largest absolute Gasteiger partial charge is 0.492 e. The van der Waals surface area contributed by atoms with Crippen molar-refractivity contribution in [3.63, 3.8) is 0 Å². The Labute approximate surface area is 120 Å². The van der Waals surface area contributed by atoms with E-state index in [1.54, 1.807) is 0 Å². The Hall–Kier alpha value is -0.990. The van der Waals surface area contributed by atoms with E-state index in [-0.39, 0.29) is 0 Å². The molecular weight excluding hydrogens is 258 g/mol. The van der Waals surface area contributed by atoms with Crippen molar-refractivity contribution in [1.29, 1.82) is 0 Å². The number of allylic oxidation sites excluding steroid dienone is 1. The lowest BCUT2D eigenvalue weighted by Crippen LogP contribution is -2.33. The van der Waals surface area contributed by atoms with E-state index in [1.807, 2.05) is 31.3 Å². The molecule has 2 rings (SSSR count). The normalized spacial score (nSPS) is 17.5. The summed E-state index contributed by atoms with van der Waals surface area (Å²) in [4.78, 5) is 0. The first-order chi connectivity index (χ1) is 9.29. The fraction of sp³-hybridized carbons (Fsp3) is 0.500. The van der Waals surface area contributed by atoms with Gasteiger partial charge < -0.3 is 10.1 Å². The molecule has 0 aliphatic heterocycles. The third kappa shape index (κ3) is 4.55. The molecule has 1 aromatic carbocycles. The van der Waals surface area contributed by atoms with E-state index in [0.29, 0.717) is 17.7 Å². The maximum Gasteiger partial charge on any atom is 0.120 e. The number of benzene rings is 1. The van der Waals surface area contributed by atoms with Crippen LogP contribution < -0.4 is 10.1 Å². The van der Waals surface area contributed by atoms with Gasteiger partial charge in [-0.1, -0.05) is 35.7 Å². The zero-order chi connectivity index (χ0) is 13.5. The maximum absolute atomic E-state index is 5.96. The second kappa shape index (κ2) is 7.56. The third-order valence-corrected chi connectivity index (χ3v) is 3.82. The highest BCUT2D eigenvalue weighted by atomic mass is 35.5. The van der Waals surface area contributed by atoms with E-state index in [2.05, 4.69) is 11.4 Å². The number of halogens is 1. The fourth-order valence-corrected chi connectivity index (χ4v) is 2.65. The topological polar surface area (TPSA) is 21.3 Å². The van der Waals surface area contributed by atoms with E-state index in [0.717, 1.165) is 5.75 Å². The first-order valence-corrected chi connectivity index (χ1v) is 7.42. The van der Waals surface area contributed by atoms with Crippen molar-refractivity contribution in [3.05, 3.63) is 40.9 Å². The van der Waals surface area contributed by atoms with Gasteiger partial charge in [-0.2, -0.15) is 0 Å². The van der Waals surface area contributed by atoms with E-state index in [4.69, 9.17) is 16.3 Å². The summed E-state index contributed by atoms with van der Waals surface area (Å²) in [6.07, 6.45) is 8.71. The lowest BCUT2D eigenvalue weighted by molar-refractivity contribution is 0.284. The minimum absolute atomic E-state index is 0.303.